The van der Waals surface area contributed by atoms with Crippen LogP contribution in [-0.2, 0) is 16.4 Å². The van der Waals surface area contributed by atoms with E-state index >= 15 is 0 Å². The van der Waals surface area contributed by atoms with Crippen LogP contribution in [0.15, 0.2) is 29.2 Å². The molecule has 0 aliphatic carbocycles. The molecule has 0 saturated carbocycles. The number of benzene rings is 1. The smallest absolute Gasteiger partial charge is 0.299 e. The van der Waals surface area contributed by atoms with Crippen LogP contribution in [0.4, 0.5) is 8.78 Å². The highest BCUT2D eigenvalue weighted by molar-refractivity contribution is 7.91. The van der Waals surface area contributed by atoms with E-state index in [9.17, 15) is 17.2 Å². The van der Waals surface area contributed by atoms with Crippen LogP contribution < -0.4 is 0 Å². The second kappa shape index (κ2) is 9.20. The van der Waals surface area contributed by atoms with Crippen molar-refractivity contribution in [2.24, 2.45) is 0 Å². The Labute approximate surface area is 132 Å². The van der Waals surface area contributed by atoms with Crippen molar-refractivity contribution in [2.45, 2.75) is 56.7 Å². The van der Waals surface area contributed by atoms with E-state index in [2.05, 4.69) is 18.7 Å². The number of rotatable bonds is 10. The Morgan fingerprint density at radius 2 is 1.50 bits per heavy atom. The van der Waals surface area contributed by atoms with E-state index < -0.39 is 15.6 Å². The Kier molecular flexibility index (Phi) is 7.96. The van der Waals surface area contributed by atoms with Gasteiger partial charge in [0.1, 0.15) is 0 Å². The topological polar surface area (TPSA) is 37.4 Å². The maximum Gasteiger partial charge on any atom is 0.341 e. The van der Waals surface area contributed by atoms with E-state index in [1.807, 2.05) is 0 Å². The summed E-state index contributed by atoms with van der Waals surface area (Å²) in [6, 6.07) is 5.80. The average Bonchev–Trinajstić information content (AvgIpc) is 2.50. The molecule has 0 radical (unpaired) electrons. The molecule has 0 unspecified atom stereocenters. The van der Waals surface area contributed by atoms with Crippen LogP contribution in [0, 0.1) is 0 Å². The Hall–Kier alpha value is -1.01. The molecular formula is C16H25F2NO2S. The fourth-order valence-corrected chi connectivity index (χ4v) is 2.90. The van der Waals surface area contributed by atoms with Gasteiger partial charge < -0.3 is 0 Å². The first-order valence-corrected chi connectivity index (χ1v) is 9.29. The molecule has 1 aromatic rings. The zero-order valence-electron chi connectivity index (χ0n) is 13.3. The van der Waals surface area contributed by atoms with E-state index in [-0.39, 0.29) is 4.90 Å². The van der Waals surface area contributed by atoms with Gasteiger partial charge >= 0.3 is 5.76 Å². The summed E-state index contributed by atoms with van der Waals surface area (Å²) >= 11 is 0. The van der Waals surface area contributed by atoms with Crippen LogP contribution in [0.1, 0.15) is 45.1 Å². The first-order valence-electron chi connectivity index (χ1n) is 7.75. The van der Waals surface area contributed by atoms with Gasteiger partial charge in [0, 0.05) is 6.54 Å². The Morgan fingerprint density at radius 3 is 1.91 bits per heavy atom. The minimum atomic E-state index is -4.50. The highest BCUT2D eigenvalue weighted by Gasteiger charge is 2.26. The Balaban J connectivity index is 2.75. The highest BCUT2D eigenvalue weighted by atomic mass is 32.2. The normalized spacial score (nSPS) is 12.3. The van der Waals surface area contributed by atoms with Gasteiger partial charge in [0.05, 0.1) is 4.90 Å². The van der Waals surface area contributed by atoms with Crippen molar-refractivity contribution in [1.29, 1.82) is 0 Å². The zero-order valence-corrected chi connectivity index (χ0v) is 14.1. The molecule has 0 spiro atoms. The minimum Gasteiger partial charge on any atom is -0.299 e. The van der Waals surface area contributed by atoms with Gasteiger partial charge in [0.25, 0.3) is 0 Å². The molecule has 0 aliphatic heterocycles. The van der Waals surface area contributed by atoms with E-state index in [1.54, 1.807) is 12.1 Å². The van der Waals surface area contributed by atoms with E-state index in [1.165, 1.54) is 12.1 Å². The van der Waals surface area contributed by atoms with Crippen molar-refractivity contribution < 1.29 is 17.2 Å². The number of hydrogen-bond acceptors (Lipinski definition) is 3. The third kappa shape index (κ3) is 5.65. The standard InChI is InChI=1S/C16H25F2NO2S/c1-3-5-11-19(12-6-4-2)13-14-7-9-15(10-8-14)22(20,21)16(17)18/h7-10,16H,3-6,11-13H2,1-2H3. The van der Waals surface area contributed by atoms with Gasteiger partial charge in [-0.1, -0.05) is 38.8 Å². The Morgan fingerprint density at radius 1 is 1.00 bits per heavy atom. The lowest BCUT2D eigenvalue weighted by molar-refractivity contribution is 0.234. The fraction of sp³-hybridized carbons (Fsp3) is 0.625. The predicted molar refractivity (Wildman–Crippen MR) is 84.7 cm³/mol. The maximum absolute atomic E-state index is 12.5. The van der Waals surface area contributed by atoms with Crippen LogP contribution in [0.5, 0.6) is 0 Å². The van der Waals surface area contributed by atoms with Gasteiger partial charge in [0.2, 0.25) is 9.84 Å². The van der Waals surface area contributed by atoms with Gasteiger partial charge in [-0.2, -0.15) is 8.78 Å². The Bertz CT molecular complexity index is 522. The van der Waals surface area contributed by atoms with Gasteiger partial charge in [-0.15, -0.1) is 0 Å². The van der Waals surface area contributed by atoms with Crippen molar-refractivity contribution in [2.75, 3.05) is 13.1 Å². The summed E-state index contributed by atoms with van der Waals surface area (Å²) in [5, 5.41) is 0. The van der Waals surface area contributed by atoms with Gasteiger partial charge in [-0.25, -0.2) is 8.42 Å². The van der Waals surface area contributed by atoms with Crippen LogP contribution in [-0.4, -0.2) is 32.2 Å². The molecule has 0 bridgehead atoms. The molecule has 6 heteroatoms. The molecule has 1 aromatic carbocycles. The summed E-state index contributed by atoms with van der Waals surface area (Å²) in [6.07, 6.45) is 4.46. The van der Waals surface area contributed by atoms with E-state index in [4.69, 9.17) is 0 Å². The molecule has 0 atom stereocenters. The molecule has 0 aliphatic rings. The largest absolute Gasteiger partial charge is 0.341 e. The van der Waals surface area contributed by atoms with Crippen molar-refractivity contribution in [1.82, 2.24) is 4.90 Å². The molecule has 3 nitrogen and oxygen atoms in total. The quantitative estimate of drug-likeness (QED) is 0.647. The van der Waals surface area contributed by atoms with Crippen molar-refractivity contribution in [3.05, 3.63) is 29.8 Å². The number of halogens is 2. The molecule has 22 heavy (non-hydrogen) atoms. The third-order valence-electron chi connectivity index (χ3n) is 3.55. The lowest BCUT2D eigenvalue weighted by atomic mass is 10.2. The van der Waals surface area contributed by atoms with Crippen LogP contribution in [0.25, 0.3) is 0 Å². The molecule has 0 fully saturated rings. The van der Waals surface area contributed by atoms with Crippen LogP contribution in [0.2, 0.25) is 0 Å². The lowest BCUT2D eigenvalue weighted by Crippen LogP contribution is -2.25. The van der Waals surface area contributed by atoms with E-state index in [0.29, 0.717) is 0 Å². The summed E-state index contributed by atoms with van der Waals surface area (Å²) in [5.74, 6) is -3.37. The summed E-state index contributed by atoms with van der Waals surface area (Å²) < 4.78 is 47.8. The number of unbranched alkanes of at least 4 members (excludes halogenated alkanes) is 2. The number of hydrogen-bond donors (Lipinski definition) is 0. The minimum absolute atomic E-state index is 0.320. The van der Waals surface area contributed by atoms with Crippen molar-refractivity contribution >= 4 is 9.84 Å². The molecule has 0 saturated heterocycles. The van der Waals surface area contributed by atoms with Crippen LogP contribution in [0.3, 0.4) is 0 Å². The second-order valence-electron chi connectivity index (χ2n) is 5.43. The summed E-state index contributed by atoms with van der Waals surface area (Å²) in [7, 11) is -4.50. The molecule has 0 heterocycles. The van der Waals surface area contributed by atoms with Crippen molar-refractivity contribution in [3.63, 3.8) is 0 Å². The van der Waals surface area contributed by atoms with Gasteiger partial charge in [-0.05, 0) is 43.6 Å². The van der Waals surface area contributed by atoms with Crippen LogP contribution >= 0.6 is 0 Å². The fourth-order valence-electron chi connectivity index (χ4n) is 2.18. The third-order valence-corrected chi connectivity index (χ3v) is 4.95. The monoisotopic (exact) mass is 333 g/mol. The summed E-state index contributed by atoms with van der Waals surface area (Å²) in [4.78, 5) is 2.00. The highest BCUT2D eigenvalue weighted by Crippen LogP contribution is 2.19. The molecule has 0 amide bonds. The molecule has 1 rings (SSSR count). The van der Waals surface area contributed by atoms with Gasteiger partial charge in [0.15, 0.2) is 0 Å². The summed E-state index contributed by atoms with van der Waals surface area (Å²) in [5.41, 5.74) is 0.945. The average molecular weight is 333 g/mol. The molecular weight excluding hydrogens is 308 g/mol. The first-order chi connectivity index (χ1) is 10.4. The molecule has 0 aromatic heterocycles. The molecule has 0 N–H and O–H groups in total. The number of alkyl halides is 2. The molecule has 126 valence electrons. The number of nitrogens with zero attached hydrogens (tertiary/aromatic N) is 1. The lowest BCUT2D eigenvalue weighted by Gasteiger charge is -2.22. The second-order valence-corrected chi connectivity index (χ2v) is 7.35. The van der Waals surface area contributed by atoms with Crippen molar-refractivity contribution in [3.8, 4) is 0 Å². The summed E-state index contributed by atoms with van der Waals surface area (Å²) in [6.45, 7) is 6.99. The predicted octanol–water partition coefficient (Wildman–Crippen LogP) is 4.09. The number of sulfone groups is 1. The first kappa shape index (κ1) is 19.0. The SMILES string of the molecule is CCCCN(CCCC)Cc1ccc(S(=O)(=O)C(F)F)cc1. The van der Waals surface area contributed by atoms with E-state index in [0.717, 1.165) is 50.9 Å². The van der Waals surface area contributed by atoms with Gasteiger partial charge in [-0.3, -0.25) is 4.90 Å². The maximum atomic E-state index is 12.5. The zero-order chi connectivity index (χ0) is 16.6.